The van der Waals surface area contributed by atoms with Crippen LogP contribution in [0.25, 0.3) is 5.57 Å². The van der Waals surface area contributed by atoms with E-state index in [0.717, 1.165) is 22.3 Å². The van der Waals surface area contributed by atoms with Gasteiger partial charge in [-0.15, -0.1) is 0 Å². The van der Waals surface area contributed by atoms with E-state index >= 15 is 0 Å². The van der Waals surface area contributed by atoms with Crippen molar-refractivity contribution in [3.8, 4) is 17.6 Å². The lowest BCUT2D eigenvalue weighted by molar-refractivity contribution is -0.129. The van der Waals surface area contributed by atoms with Crippen LogP contribution in [0.2, 0.25) is 0 Å². The van der Waals surface area contributed by atoms with Gasteiger partial charge in [-0.25, -0.2) is 0 Å². The number of nitriles is 1. The largest absolute Gasteiger partial charge is 0.490 e. The van der Waals surface area contributed by atoms with Crippen LogP contribution in [0, 0.1) is 11.3 Å². The van der Waals surface area contributed by atoms with E-state index in [1.807, 2.05) is 56.3 Å². The smallest absolute Gasteiger partial charge is 0.247 e. The van der Waals surface area contributed by atoms with Crippen molar-refractivity contribution in [1.82, 2.24) is 4.90 Å². The number of carbonyl (C=O) groups excluding carboxylic acids is 1. The fourth-order valence-electron chi connectivity index (χ4n) is 3.44. The fraction of sp³-hybridized carbons (Fsp3) is 0.360. The maximum absolute atomic E-state index is 13.0. The topological polar surface area (TPSA) is 71.8 Å². The van der Waals surface area contributed by atoms with Gasteiger partial charge in [0.2, 0.25) is 5.91 Å². The first kappa shape index (κ1) is 22.4. The minimum absolute atomic E-state index is 0.0498. The molecule has 1 aliphatic heterocycles. The first-order valence-corrected chi connectivity index (χ1v) is 10.6. The van der Waals surface area contributed by atoms with Crippen molar-refractivity contribution in [3.63, 3.8) is 0 Å². The zero-order valence-corrected chi connectivity index (χ0v) is 18.1. The molecule has 2 aromatic rings. The summed E-state index contributed by atoms with van der Waals surface area (Å²) in [5.41, 5.74) is 3.49. The molecule has 0 bridgehead atoms. The third-order valence-electron chi connectivity index (χ3n) is 4.99. The second kappa shape index (κ2) is 11.2. The molecule has 0 atom stereocenters. The first-order chi connectivity index (χ1) is 15.2. The Kier molecular flexibility index (Phi) is 8.08. The van der Waals surface area contributed by atoms with Gasteiger partial charge >= 0.3 is 0 Å². The first-order valence-electron chi connectivity index (χ1n) is 10.6. The Bertz CT molecular complexity index is 954. The van der Waals surface area contributed by atoms with Gasteiger partial charge < -0.3 is 19.1 Å². The number of nitrogens with zero attached hydrogens (tertiary/aromatic N) is 2. The molecule has 0 radical (unpaired) electrons. The normalized spacial score (nSPS) is 14.1. The molecule has 0 saturated carbocycles. The van der Waals surface area contributed by atoms with Gasteiger partial charge in [-0.3, -0.25) is 4.79 Å². The molecule has 0 unspecified atom stereocenters. The molecule has 6 heteroatoms. The number of amides is 1. The summed E-state index contributed by atoms with van der Waals surface area (Å²) in [6.45, 7) is 7.17. The second-order valence-electron chi connectivity index (χ2n) is 7.06. The molecule has 3 rings (SSSR count). The summed E-state index contributed by atoms with van der Waals surface area (Å²) in [6, 6.07) is 15.6. The maximum Gasteiger partial charge on any atom is 0.247 e. The third kappa shape index (κ3) is 5.87. The summed E-state index contributed by atoms with van der Waals surface area (Å²) >= 11 is 0. The number of morpholine rings is 1. The molecule has 1 amide bonds. The van der Waals surface area contributed by atoms with Crippen molar-refractivity contribution >= 4 is 11.5 Å². The summed E-state index contributed by atoms with van der Waals surface area (Å²) < 4.78 is 16.8. The molecule has 1 aliphatic rings. The minimum atomic E-state index is -0.0498. The van der Waals surface area contributed by atoms with Crippen molar-refractivity contribution in [2.24, 2.45) is 0 Å². The van der Waals surface area contributed by atoms with Crippen LogP contribution in [0.5, 0.6) is 11.5 Å². The highest BCUT2D eigenvalue weighted by Gasteiger charge is 2.18. The van der Waals surface area contributed by atoms with E-state index in [2.05, 4.69) is 6.07 Å². The molecule has 1 saturated heterocycles. The Morgan fingerprint density at radius 2 is 1.68 bits per heavy atom. The second-order valence-corrected chi connectivity index (χ2v) is 7.06. The lowest BCUT2D eigenvalue weighted by Crippen LogP contribution is -2.39. The lowest BCUT2D eigenvalue weighted by Gasteiger charge is -2.26. The van der Waals surface area contributed by atoms with Crippen LogP contribution >= 0.6 is 0 Å². The number of ether oxygens (including phenoxy) is 3. The van der Waals surface area contributed by atoms with Crippen molar-refractivity contribution in [3.05, 3.63) is 65.2 Å². The van der Waals surface area contributed by atoms with Crippen LogP contribution in [-0.2, 0) is 16.0 Å². The van der Waals surface area contributed by atoms with E-state index in [-0.39, 0.29) is 5.91 Å². The Balaban J connectivity index is 2.02. The van der Waals surface area contributed by atoms with Crippen LogP contribution in [0.15, 0.2) is 48.5 Å². The van der Waals surface area contributed by atoms with Gasteiger partial charge in [0.05, 0.1) is 38.9 Å². The van der Waals surface area contributed by atoms with Crippen molar-refractivity contribution < 1.29 is 19.0 Å². The minimum Gasteiger partial charge on any atom is -0.490 e. The Hall–Kier alpha value is -3.30. The van der Waals surface area contributed by atoms with E-state index in [9.17, 15) is 4.79 Å². The predicted octanol–water partition coefficient (Wildman–Crippen LogP) is 3.84. The highest BCUT2D eigenvalue weighted by molar-refractivity contribution is 5.99. The van der Waals surface area contributed by atoms with E-state index in [1.54, 1.807) is 11.0 Å². The molecule has 1 fully saturated rings. The van der Waals surface area contributed by atoms with Gasteiger partial charge in [-0.1, -0.05) is 30.3 Å². The monoisotopic (exact) mass is 420 g/mol. The van der Waals surface area contributed by atoms with Crippen molar-refractivity contribution in [2.75, 3.05) is 39.5 Å². The summed E-state index contributed by atoms with van der Waals surface area (Å²) in [5.74, 6) is 1.27. The quantitative estimate of drug-likeness (QED) is 0.607. The van der Waals surface area contributed by atoms with Crippen LogP contribution in [0.1, 0.15) is 30.5 Å². The van der Waals surface area contributed by atoms with Crippen LogP contribution in [0.4, 0.5) is 0 Å². The zero-order valence-electron chi connectivity index (χ0n) is 18.1. The Labute approximate surface area is 183 Å². The number of rotatable bonds is 8. The van der Waals surface area contributed by atoms with E-state index < -0.39 is 0 Å². The average molecular weight is 421 g/mol. The van der Waals surface area contributed by atoms with E-state index in [4.69, 9.17) is 19.5 Å². The highest BCUT2D eigenvalue weighted by atomic mass is 16.5. The number of hydrogen-bond acceptors (Lipinski definition) is 5. The molecule has 2 aromatic carbocycles. The molecule has 0 aromatic heterocycles. The summed E-state index contributed by atoms with van der Waals surface area (Å²) in [5, 5.41) is 8.94. The predicted molar refractivity (Wildman–Crippen MR) is 119 cm³/mol. The standard InChI is InChI=1S/C25H28N2O4/c1-3-30-23-10-9-21(17-24(23)31-4-2)22(18-25(28)27-13-15-29-16-14-27)20-7-5-19(6-8-20)11-12-26/h5-10,17-18H,3-4,11,13-16H2,1-2H3. The molecule has 31 heavy (non-hydrogen) atoms. The van der Waals surface area contributed by atoms with Gasteiger partial charge in [0, 0.05) is 19.2 Å². The van der Waals surface area contributed by atoms with Gasteiger partial charge in [0.1, 0.15) is 0 Å². The molecular weight excluding hydrogens is 392 g/mol. The van der Waals surface area contributed by atoms with Crippen molar-refractivity contribution in [1.29, 1.82) is 5.26 Å². The molecule has 0 aliphatic carbocycles. The third-order valence-corrected chi connectivity index (χ3v) is 4.99. The lowest BCUT2D eigenvalue weighted by atomic mass is 9.95. The Morgan fingerprint density at radius 3 is 2.32 bits per heavy atom. The zero-order chi connectivity index (χ0) is 22.1. The SMILES string of the molecule is CCOc1ccc(C(=CC(=O)N2CCOCC2)c2ccc(CC#N)cc2)cc1OCC. The van der Waals surface area contributed by atoms with Crippen LogP contribution < -0.4 is 9.47 Å². The summed E-state index contributed by atoms with van der Waals surface area (Å²) in [7, 11) is 0. The molecule has 1 heterocycles. The Morgan fingerprint density at radius 1 is 1.03 bits per heavy atom. The molecule has 6 nitrogen and oxygen atoms in total. The van der Waals surface area contributed by atoms with E-state index in [0.29, 0.717) is 57.4 Å². The highest BCUT2D eigenvalue weighted by Crippen LogP contribution is 2.33. The maximum atomic E-state index is 13.0. The van der Waals surface area contributed by atoms with E-state index in [1.165, 1.54) is 0 Å². The molecular formula is C25H28N2O4. The number of carbonyl (C=O) groups is 1. The number of benzene rings is 2. The average Bonchev–Trinajstić information content (AvgIpc) is 2.80. The van der Waals surface area contributed by atoms with Gasteiger partial charge in [-0.05, 0) is 48.2 Å². The van der Waals surface area contributed by atoms with Crippen LogP contribution in [0.3, 0.4) is 0 Å². The number of hydrogen-bond donors (Lipinski definition) is 0. The van der Waals surface area contributed by atoms with Gasteiger partial charge in [-0.2, -0.15) is 5.26 Å². The summed E-state index contributed by atoms with van der Waals surface area (Å²) in [6.07, 6.45) is 2.03. The van der Waals surface area contributed by atoms with Crippen LogP contribution in [-0.4, -0.2) is 50.3 Å². The molecule has 0 spiro atoms. The molecule has 0 N–H and O–H groups in total. The molecule has 162 valence electrons. The fourth-order valence-corrected chi connectivity index (χ4v) is 3.44. The summed E-state index contributed by atoms with van der Waals surface area (Å²) in [4.78, 5) is 14.8. The van der Waals surface area contributed by atoms with Gasteiger partial charge in [0.25, 0.3) is 0 Å². The van der Waals surface area contributed by atoms with Gasteiger partial charge in [0.15, 0.2) is 11.5 Å². The van der Waals surface area contributed by atoms with Crippen molar-refractivity contribution in [2.45, 2.75) is 20.3 Å².